The van der Waals surface area contributed by atoms with Crippen LogP contribution < -0.4 is 14.4 Å². The van der Waals surface area contributed by atoms with E-state index >= 15 is 0 Å². The number of anilines is 1. The van der Waals surface area contributed by atoms with Gasteiger partial charge in [-0.1, -0.05) is 6.07 Å². The molecule has 0 saturated carbocycles. The summed E-state index contributed by atoms with van der Waals surface area (Å²) in [5.74, 6) is 1.85. The number of hydrogen-bond donors (Lipinski definition) is 0. The summed E-state index contributed by atoms with van der Waals surface area (Å²) in [6, 6.07) is 8.56. The van der Waals surface area contributed by atoms with E-state index in [1.807, 2.05) is 17.0 Å². The highest BCUT2D eigenvalue weighted by molar-refractivity contribution is 5.92. The van der Waals surface area contributed by atoms with Gasteiger partial charge in [-0.25, -0.2) is 4.98 Å². The zero-order valence-electron chi connectivity index (χ0n) is 17.0. The van der Waals surface area contributed by atoms with Crippen molar-refractivity contribution in [2.75, 3.05) is 45.3 Å². The Hall–Kier alpha value is -3.62. The lowest BCUT2D eigenvalue weighted by molar-refractivity contribution is -0.385. The fraction of sp³-hybridized carbons (Fsp3) is 0.333. The van der Waals surface area contributed by atoms with Gasteiger partial charge in [0.25, 0.3) is 5.69 Å². The molecule has 0 N–H and O–H groups in total. The van der Waals surface area contributed by atoms with Gasteiger partial charge < -0.3 is 19.3 Å². The molecule has 158 valence electrons. The molecule has 0 spiro atoms. The van der Waals surface area contributed by atoms with E-state index in [2.05, 4.69) is 4.98 Å². The van der Waals surface area contributed by atoms with E-state index in [0.717, 1.165) is 18.5 Å². The molecule has 1 saturated heterocycles. The number of hydrogen-bond acceptors (Lipinski definition) is 7. The van der Waals surface area contributed by atoms with Gasteiger partial charge in [0, 0.05) is 38.3 Å². The van der Waals surface area contributed by atoms with Crippen molar-refractivity contribution in [2.24, 2.45) is 0 Å². The van der Waals surface area contributed by atoms with Crippen LogP contribution in [0.3, 0.4) is 0 Å². The number of aromatic nitrogens is 1. The second-order valence-electron chi connectivity index (χ2n) is 6.75. The van der Waals surface area contributed by atoms with E-state index in [1.54, 1.807) is 43.4 Å². The standard InChI is InChI=1S/C21H24N4O5/c1-29-18-7-4-16(14-19(18)30-2)5-9-21(26)24-11-3-10-23(12-13-24)20-8-6-17(15-22-20)25(27)28/h4-9,14-15H,3,10-13H2,1-2H3/b9-5+. The summed E-state index contributed by atoms with van der Waals surface area (Å²) < 4.78 is 10.5. The maximum atomic E-state index is 12.6. The second-order valence-corrected chi connectivity index (χ2v) is 6.75. The van der Waals surface area contributed by atoms with Gasteiger partial charge in [-0.3, -0.25) is 14.9 Å². The molecule has 1 aliphatic rings. The van der Waals surface area contributed by atoms with E-state index in [1.165, 1.54) is 12.3 Å². The smallest absolute Gasteiger partial charge is 0.287 e. The first-order valence-corrected chi connectivity index (χ1v) is 9.56. The molecule has 0 radical (unpaired) electrons. The van der Waals surface area contributed by atoms with Crippen molar-refractivity contribution in [3.63, 3.8) is 0 Å². The van der Waals surface area contributed by atoms with Gasteiger partial charge in [-0.2, -0.15) is 0 Å². The van der Waals surface area contributed by atoms with Crippen LogP contribution >= 0.6 is 0 Å². The van der Waals surface area contributed by atoms with Gasteiger partial charge >= 0.3 is 0 Å². The monoisotopic (exact) mass is 412 g/mol. The van der Waals surface area contributed by atoms with Crippen LogP contribution in [-0.2, 0) is 4.79 Å². The highest BCUT2D eigenvalue weighted by atomic mass is 16.6. The Morgan fingerprint density at radius 2 is 1.90 bits per heavy atom. The predicted octanol–water partition coefficient (Wildman–Crippen LogP) is 2.76. The predicted molar refractivity (Wildman–Crippen MR) is 113 cm³/mol. The first-order valence-electron chi connectivity index (χ1n) is 9.56. The van der Waals surface area contributed by atoms with Crippen LogP contribution in [0.15, 0.2) is 42.6 Å². The van der Waals surface area contributed by atoms with E-state index < -0.39 is 4.92 Å². The van der Waals surface area contributed by atoms with Crippen molar-refractivity contribution in [3.8, 4) is 11.5 Å². The number of rotatable bonds is 6. The number of methoxy groups -OCH3 is 2. The zero-order valence-corrected chi connectivity index (χ0v) is 17.0. The van der Waals surface area contributed by atoms with Crippen LogP contribution in [0, 0.1) is 10.1 Å². The van der Waals surface area contributed by atoms with Gasteiger partial charge in [0.2, 0.25) is 5.91 Å². The normalized spacial score (nSPS) is 14.5. The molecule has 2 heterocycles. The molecule has 1 aliphatic heterocycles. The third-order valence-electron chi connectivity index (χ3n) is 4.90. The summed E-state index contributed by atoms with van der Waals surface area (Å²) in [6.45, 7) is 2.53. The lowest BCUT2D eigenvalue weighted by atomic mass is 10.2. The van der Waals surface area contributed by atoms with Crippen molar-refractivity contribution < 1.29 is 19.2 Å². The fourth-order valence-electron chi connectivity index (χ4n) is 3.27. The van der Waals surface area contributed by atoms with Gasteiger partial charge in [0.05, 0.1) is 19.1 Å². The van der Waals surface area contributed by atoms with E-state index in [0.29, 0.717) is 37.0 Å². The second kappa shape index (κ2) is 9.73. The minimum atomic E-state index is -0.468. The molecule has 1 aromatic carbocycles. The number of nitrogens with zero attached hydrogens (tertiary/aromatic N) is 4. The Morgan fingerprint density at radius 3 is 2.57 bits per heavy atom. The topological polar surface area (TPSA) is 98.0 Å². The molecule has 1 aromatic heterocycles. The van der Waals surface area contributed by atoms with E-state index in [-0.39, 0.29) is 11.6 Å². The largest absolute Gasteiger partial charge is 0.493 e. The van der Waals surface area contributed by atoms with Crippen LogP contribution in [0.4, 0.5) is 11.5 Å². The lowest BCUT2D eigenvalue weighted by Crippen LogP contribution is -2.34. The van der Waals surface area contributed by atoms with Gasteiger partial charge in [-0.15, -0.1) is 0 Å². The minimum absolute atomic E-state index is 0.0364. The van der Waals surface area contributed by atoms with Crippen molar-refractivity contribution in [2.45, 2.75) is 6.42 Å². The minimum Gasteiger partial charge on any atom is -0.493 e. The maximum Gasteiger partial charge on any atom is 0.287 e. The molecule has 2 aromatic rings. The van der Waals surface area contributed by atoms with Crippen LogP contribution in [0.25, 0.3) is 6.08 Å². The van der Waals surface area contributed by atoms with Crippen LogP contribution in [0.2, 0.25) is 0 Å². The van der Waals surface area contributed by atoms with Crippen molar-refractivity contribution in [3.05, 3.63) is 58.3 Å². The summed E-state index contributed by atoms with van der Waals surface area (Å²) >= 11 is 0. The average molecular weight is 412 g/mol. The van der Waals surface area contributed by atoms with E-state index in [9.17, 15) is 14.9 Å². The molecule has 0 bridgehead atoms. The highest BCUT2D eigenvalue weighted by Gasteiger charge is 2.19. The lowest BCUT2D eigenvalue weighted by Gasteiger charge is -2.22. The molecule has 0 unspecified atom stereocenters. The number of carbonyl (C=O) groups is 1. The average Bonchev–Trinajstić information content (AvgIpc) is 3.03. The molecule has 3 rings (SSSR count). The van der Waals surface area contributed by atoms with Gasteiger partial charge in [0.1, 0.15) is 12.0 Å². The Kier molecular flexibility index (Phi) is 6.84. The number of pyridine rings is 1. The first-order chi connectivity index (χ1) is 14.5. The Balaban J connectivity index is 1.61. The van der Waals surface area contributed by atoms with Gasteiger partial charge in [0.15, 0.2) is 11.5 Å². The van der Waals surface area contributed by atoms with Gasteiger partial charge in [-0.05, 0) is 36.3 Å². The highest BCUT2D eigenvalue weighted by Crippen LogP contribution is 2.28. The number of benzene rings is 1. The third kappa shape index (κ3) is 5.05. The molecule has 9 heteroatoms. The molecule has 1 amide bonds. The maximum absolute atomic E-state index is 12.6. The van der Waals surface area contributed by atoms with Crippen LogP contribution in [-0.4, -0.2) is 61.1 Å². The Labute approximate surface area is 174 Å². The Bertz CT molecular complexity index is 929. The fourth-order valence-corrected chi connectivity index (χ4v) is 3.27. The summed E-state index contributed by atoms with van der Waals surface area (Å²) in [7, 11) is 3.14. The molecule has 30 heavy (non-hydrogen) atoms. The Morgan fingerprint density at radius 1 is 1.10 bits per heavy atom. The summed E-state index contributed by atoms with van der Waals surface area (Å²) in [6.07, 6.45) is 5.36. The SMILES string of the molecule is COc1ccc(/C=C/C(=O)N2CCCN(c3ccc([N+](=O)[O-])cn3)CC2)cc1OC. The molecular weight excluding hydrogens is 388 g/mol. The molecular formula is C21H24N4O5. The summed E-state index contributed by atoms with van der Waals surface area (Å²) in [5, 5.41) is 10.8. The zero-order chi connectivity index (χ0) is 21.5. The molecule has 1 fully saturated rings. The molecule has 9 nitrogen and oxygen atoms in total. The van der Waals surface area contributed by atoms with Crippen molar-refractivity contribution >= 4 is 23.5 Å². The number of nitro groups is 1. The number of carbonyl (C=O) groups excluding carboxylic acids is 1. The van der Waals surface area contributed by atoms with Crippen LogP contribution in [0.1, 0.15) is 12.0 Å². The summed E-state index contributed by atoms with van der Waals surface area (Å²) in [5.41, 5.74) is 0.804. The number of ether oxygens (including phenoxy) is 2. The van der Waals surface area contributed by atoms with Crippen LogP contribution in [0.5, 0.6) is 11.5 Å². The summed E-state index contributed by atoms with van der Waals surface area (Å²) in [4.78, 5) is 31.0. The quantitative estimate of drug-likeness (QED) is 0.409. The molecule has 0 aliphatic carbocycles. The third-order valence-corrected chi connectivity index (χ3v) is 4.90. The van der Waals surface area contributed by atoms with Crippen molar-refractivity contribution in [1.29, 1.82) is 0 Å². The van der Waals surface area contributed by atoms with Crippen molar-refractivity contribution in [1.82, 2.24) is 9.88 Å². The molecule has 0 atom stereocenters. The number of amides is 1. The van der Waals surface area contributed by atoms with E-state index in [4.69, 9.17) is 9.47 Å². The first kappa shape index (κ1) is 21.1.